The summed E-state index contributed by atoms with van der Waals surface area (Å²) in [6.45, 7) is 2.14. The van der Waals surface area contributed by atoms with Crippen LogP contribution in [-0.2, 0) is 9.59 Å². The van der Waals surface area contributed by atoms with Gasteiger partial charge in [0.25, 0.3) is 5.91 Å². The van der Waals surface area contributed by atoms with Crippen LogP contribution < -0.4 is 10.7 Å². The van der Waals surface area contributed by atoms with E-state index < -0.39 is 17.5 Å². The largest absolute Gasteiger partial charge is 0.344 e. The molecular formula is C16H20N4O3S. The van der Waals surface area contributed by atoms with Gasteiger partial charge in [-0.1, -0.05) is 24.8 Å². The van der Waals surface area contributed by atoms with Crippen molar-refractivity contribution in [1.82, 2.24) is 20.7 Å². The molecule has 0 atom stereocenters. The molecule has 128 valence electrons. The summed E-state index contributed by atoms with van der Waals surface area (Å²) in [5.41, 5.74) is 1.57. The van der Waals surface area contributed by atoms with Crippen molar-refractivity contribution < 1.29 is 14.4 Å². The third kappa shape index (κ3) is 3.38. The minimum Gasteiger partial charge on any atom is -0.322 e. The van der Waals surface area contributed by atoms with E-state index in [4.69, 9.17) is 0 Å². The van der Waals surface area contributed by atoms with Gasteiger partial charge in [-0.15, -0.1) is 0 Å². The molecule has 7 nitrogen and oxygen atoms in total. The molecule has 1 saturated heterocycles. The van der Waals surface area contributed by atoms with Crippen LogP contribution in [0, 0.1) is 5.92 Å². The minimum atomic E-state index is -0.842. The van der Waals surface area contributed by atoms with E-state index in [0.717, 1.165) is 17.9 Å². The number of carbonyl (C=O) groups is 3. The summed E-state index contributed by atoms with van der Waals surface area (Å²) >= 11 is 1.25. The number of imide groups is 1. The van der Waals surface area contributed by atoms with Gasteiger partial charge in [0.2, 0.25) is 5.91 Å². The summed E-state index contributed by atoms with van der Waals surface area (Å²) in [6.07, 6.45) is 4.67. The van der Waals surface area contributed by atoms with Crippen molar-refractivity contribution in [1.29, 1.82) is 0 Å². The molecule has 2 aliphatic rings. The molecule has 1 spiro atoms. The Hall–Kier alpha value is -2.09. The van der Waals surface area contributed by atoms with Gasteiger partial charge in [-0.3, -0.25) is 15.0 Å². The van der Waals surface area contributed by atoms with E-state index in [0.29, 0.717) is 23.8 Å². The first-order valence-corrected chi connectivity index (χ1v) is 8.99. The molecule has 2 heterocycles. The number of urea groups is 1. The second-order valence-electron chi connectivity index (χ2n) is 6.33. The van der Waals surface area contributed by atoms with E-state index >= 15 is 0 Å². The number of carbonyl (C=O) groups excluding carboxylic acids is 3. The molecular weight excluding hydrogens is 328 g/mol. The highest BCUT2D eigenvalue weighted by molar-refractivity contribution is 7.99. The summed E-state index contributed by atoms with van der Waals surface area (Å²) in [6, 6.07) is 4.87. The fraction of sp³-hybridized carbons (Fsp3) is 0.500. The van der Waals surface area contributed by atoms with Crippen molar-refractivity contribution in [2.75, 3.05) is 5.75 Å². The Morgan fingerprint density at radius 2 is 2.17 bits per heavy atom. The van der Waals surface area contributed by atoms with Gasteiger partial charge in [0.1, 0.15) is 5.54 Å². The van der Waals surface area contributed by atoms with Gasteiger partial charge in [-0.05, 0) is 43.7 Å². The molecule has 0 aromatic carbocycles. The molecule has 1 saturated carbocycles. The zero-order valence-electron chi connectivity index (χ0n) is 13.4. The highest BCUT2D eigenvalue weighted by Gasteiger charge is 2.52. The van der Waals surface area contributed by atoms with Crippen molar-refractivity contribution in [3.05, 3.63) is 24.4 Å². The first-order chi connectivity index (χ1) is 11.5. The molecule has 0 radical (unpaired) electrons. The Morgan fingerprint density at radius 3 is 2.83 bits per heavy atom. The molecule has 1 aliphatic carbocycles. The second-order valence-corrected chi connectivity index (χ2v) is 7.32. The summed E-state index contributed by atoms with van der Waals surface area (Å²) in [7, 11) is 0. The Kier molecular flexibility index (Phi) is 4.75. The van der Waals surface area contributed by atoms with Crippen LogP contribution in [0.5, 0.6) is 0 Å². The Labute approximate surface area is 144 Å². The average molecular weight is 348 g/mol. The summed E-state index contributed by atoms with van der Waals surface area (Å²) in [5.74, 6) is -0.123. The van der Waals surface area contributed by atoms with Crippen molar-refractivity contribution in [2.24, 2.45) is 5.92 Å². The number of aromatic nitrogens is 1. The monoisotopic (exact) mass is 348 g/mol. The molecule has 3 rings (SSSR count). The molecule has 1 aliphatic heterocycles. The summed E-state index contributed by atoms with van der Waals surface area (Å²) in [5, 5.41) is 4.31. The zero-order valence-corrected chi connectivity index (χ0v) is 14.3. The zero-order chi connectivity index (χ0) is 17.2. The molecule has 0 bridgehead atoms. The molecule has 24 heavy (non-hydrogen) atoms. The quantitative estimate of drug-likeness (QED) is 0.638. The van der Waals surface area contributed by atoms with Gasteiger partial charge in [-0.2, -0.15) is 5.01 Å². The summed E-state index contributed by atoms with van der Waals surface area (Å²) < 4.78 is 0. The van der Waals surface area contributed by atoms with E-state index in [1.54, 1.807) is 18.3 Å². The number of nitrogens with one attached hydrogen (secondary N) is 2. The van der Waals surface area contributed by atoms with Crippen molar-refractivity contribution >= 4 is 29.6 Å². The minimum absolute atomic E-state index is 0.0815. The maximum Gasteiger partial charge on any atom is 0.344 e. The summed E-state index contributed by atoms with van der Waals surface area (Å²) in [4.78, 5) is 40.9. The Bertz CT molecular complexity index is 644. The van der Waals surface area contributed by atoms with Crippen LogP contribution >= 0.6 is 11.8 Å². The SMILES string of the molecule is CC1CCC2(CC1)NC(=O)N(NC(=O)CSc1ccccn1)C2=O. The number of thioether (sulfide) groups is 1. The maximum absolute atomic E-state index is 12.6. The smallest absolute Gasteiger partial charge is 0.322 e. The fourth-order valence-electron chi connectivity index (χ4n) is 3.04. The van der Waals surface area contributed by atoms with Crippen LogP contribution in [-0.4, -0.2) is 39.1 Å². The van der Waals surface area contributed by atoms with Crippen LogP contribution in [0.1, 0.15) is 32.6 Å². The standard InChI is InChI=1S/C16H20N4O3S/c1-11-5-7-16(8-6-11)14(22)20(15(23)18-16)19-12(21)10-24-13-4-2-3-9-17-13/h2-4,9,11H,5-8,10H2,1H3,(H,18,23)(H,19,21). The fourth-order valence-corrected chi connectivity index (χ4v) is 3.70. The predicted octanol–water partition coefficient (Wildman–Crippen LogP) is 1.71. The lowest BCUT2D eigenvalue weighted by Crippen LogP contribution is -2.51. The third-order valence-electron chi connectivity index (χ3n) is 4.52. The van der Waals surface area contributed by atoms with Gasteiger partial charge < -0.3 is 5.32 Å². The van der Waals surface area contributed by atoms with Crippen LogP contribution in [0.4, 0.5) is 4.79 Å². The van der Waals surface area contributed by atoms with E-state index in [2.05, 4.69) is 22.7 Å². The number of hydrazine groups is 1. The molecule has 0 unspecified atom stereocenters. The number of nitrogens with zero attached hydrogens (tertiary/aromatic N) is 2. The Morgan fingerprint density at radius 1 is 1.42 bits per heavy atom. The van der Waals surface area contributed by atoms with Crippen LogP contribution in [0.2, 0.25) is 0 Å². The van der Waals surface area contributed by atoms with Crippen LogP contribution in [0.25, 0.3) is 0 Å². The van der Waals surface area contributed by atoms with Gasteiger partial charge in [0.15, 0.2) is 0 Å². The van der Waals surface area contributed by atoms with Gasteiger partial charge >= 0.3 is 6.03 Å². The van der Waals surface area contributed by atoms with Crippen molar-refractivity contribution in [3.63, 3.8) is 0 Å². The van der Waals surface area contributed by atoms with Gasteiger partial charge in [0.05, 0.1) is 10.8 Å². The normalized spacial score (nSPS) is 26.5. The average Bonchev–Trinajstić information content (AvgIpc) is 2.81. The number of pyridine rings is 1. The molecule has 2 N–H and O–H groups in total. The van der Waals surface area contributed by atoms with Crippen LogP contribution in [0.3, 0.4) is 0 Å². The molecule has 8 heteroatoms. The first kappa shape index (κ1) is 16.8. The molecule has 4 amide bonds. The second kappa shape index (κ2) is 6.80. The maximum atomic E-state index is 12.6. The highest BCUT2D eigenvalue weighted by Crippen LogP contribution is 2.35. The topological polar surface area (TPSA) is 91.4 Å². The number of hydrogen-bond acceptors (Lipinski definition) is 5. The Balaban J connectivity index is 1.57. The lowest BCUT2D eigenvalue weighted by atomic mass is 9.77. The lowest BCUT2D eigenvalue weighted by Gasteiger charge is -2.33. The van der Waals surface area contributed by atoms with Gasteiger partial charge in [0, 0.05) is 6.20 Å². The highest BCUT2D eigenvalue weighted by atomic mass is 32.2. The number of amides is 4. The van der Waals surface area contributed by atoms with Crippen molar-refractivity contribution in [3.8, 4) is 0 Å². The third-order valence-corrected chi connectivity index (χ3v) is 5.46. The van der Waals surface area contributed by atoms with Gasteiger partial charge in [-0.25, -0.2) is 9.78 Å². The van der Waals surface area contributed by atoms with Crippen molar-refractivity contribution in [2.45, 2.75) is 43.2 Å². The molecule has 1 aromatic rings. The number of rotatable bonds is 4. The van der Waals surface area contributed by atoms with E-state index in [9.17, 15) is 14.4 Å². The lowest BCUT2D eigenvalue weighted by molar-refractivity contribution is -0.139. The molecule has 1 aromatic heterocycles. The molecule has 2 fully saturated rings. The van der Waals surface area contributed by atoms with Crippen LogP contribution in [0.15, 0.2) is 29.4 Å². The first-order valence-electron chi connectivity index (χ1n) is 8.00. The van der Waals surface area contributed by atoms with E-state index in [1.165, 1.54) is 11.8 Å². The van der Waals surface area contributed by atoms with E-state index in [-0.39, 0.29) is 11.7 Å². The predicted molar refractivity (Wildman–Crippen MR) is 88.8 cm³/mol. The number of hydrogen-bond donors (Lipinski definition) is 2. The van der Waals surface area contributed by atoms with E-state index in [1.807, 2.05) is 6.07 Å².